The van der Waals surface area contributed by atoms with Gasteiger partial charge in [0.2, 0.25) is 0 Å². The van der Waals surface area contributed by atoms with E-state index in [1.54, 1.807) is 0 Å². The summed E-state index contributed by atoms with van der Waals surface area (Å²) in [6.45, 7) is 5.46. The van der Waals surface area contributed by atoms with Crippen LogP contribution in [0.25, 0.3) is 0 Å². The normalized spacial score (nSPS) is 14.1. The molecule has 0 aliphatic carbocycles. The highest BCUT2D eigenvalue weighted by Gasteiger charge is 2.13. The topological polar surface area (TPSA) is 12.0 Å². The molecule has 0 aromatic heterocycles. The molecule has 0 heterocycles. The number of hydrogen-bond acceptors (Lipinski definition) is 1. The van der Waals surface area contributed by atoms with E-state index < -0.39 is 0 Å². The van der Waals surface area contributed by atoms with E-state index in [2.05, 4.69) is 79.8 Å². The molecular formula is C17H21N. The number of rotatable bonds is 5. The molecule has 0 unspecified atom stereocenters. The molecule has 2 rings (SSSR count). The van der Waals surface area contributed by atoms with Gasteiger partial charge in [0, 0.05) is 12.6 Å². The lowest BCUT2D eigenvalue weighted by Crippen LogP contribution is -2.30. The van der Waals surface area contributed by atoms with Gasteiger partial charge in [0.05, 0.1) is 0 Å². The number of hydrogen-bond donors (Lipinski definition) is 1. The van der Waals surface area contributed by atoms with Gasteiger partial charge in [-0.25, -0.2) is 0 Å². The largest absolute Gasteiger partial charge is 0.310 e. The predicted molar refractivity (Wildman–Crippen MR) is 77.6 cm³/mol. The Morgan fingerprint density at radius 2 is 1.39 bits per heavy atom. The molecule has 0 aliphatic heterocycles. The zero-order valence-electron chi connectivity index (χ0n) is 11.1. The molecule has 94 valence electrons. The molecule has 18 heavy (non-hydrogen) atoms. The Morgan fingerprint density at radius 3 is 2.00 bits per heavy atom. The highest BCUT2D eigenvalue weighted by atomic mass is 14.9. The van der Waals surface area contributed by atoms with E-state index in [0.717, 1.165) is 6.54 Å². The van der Waals surface area contributed by atoms with Crippen LogP contribution >= 0.6 is 0 Å². The Kier molecular flexibility index (Phi) is 4.54. The molecule has 0 aliphatic rings. The molecule has 0 spiro atoms. The van der Waals surface area contributed by atoms with Gasteiger partial charge in [-0.3, -0.25) is 0 Å². The van der Waals surface area contributed by atoms with Crippen molar-refractivity contribution in [3.8, 4) is 0 Å². The second-order valence-corrected chi connectivity index (χ2v) is 4.85. The van der Waals surface area contributed by atoms with Crippen molar-refractivity contribution in [1.29, 1.82) is 0 Å². The Morgan fingerprint density at radius 1 is 0.833 bits per heavy atom. The van der Waals surface area contributed by atoms with Crippen LogP contribution in [0.1, 0.15) is 30.9 Å². The van der Waals surface area contributed by atoms with E-state index in [9.17, 15) is 0 Å². The van der Waals surface area contributed by atoms with Crippen molar-refractivity contribution >= 4 is 0 Å². The molecular weight excluding hydrogens is 218 g/mol. The van der Waals surface area contributed by atoms with Gasteiger partial charge < -0.3 is 5.32 Å². The lowest BCUT2D eigenvalue weighted by molar-refractivity contribution is 0.480. The first kappa shape index (κ1) is 12.8. The minimum absolute atomic E-state index is 0.465. The minimum Gasteiger partial charge on any atom is -0.310 e. The molecule has 1 nitrogen and oxygen atoms in total. The molecule has 0 saturated heterocycles. The summed E-state index contributed by atoms with van der Waals surface area (Å²) in [4.78, 5) is 0. The van der Waals surface area contributed by atoms with Gasteiger partial charge in [-0.05, 0) is 24.0 Å². The first-order valence-electron chi connectivity index (χ1n) is 6.59. The van der Waals surface area contributed by atoms with Gasteiger partial charge in [-0.2, -0.15) is 0 Å². The summed E-state index contributed by atoms with van der Waals surface area (Å²) < 4.78 is 0. The monoisotopic (exact) mass is 239 g/mol. The highest BCUT2D eigenvalue weighted by molar-refractivity contribution is 5.20. The SMILES string of the molecule is C[C@H](NCc1ccccc1)[C@@H](C)c1ccccc1. The van der Waals surface area contributed by atoms with Crippen LogP contribution in [0.4, 0.5) is 0 Å². The van der Waals surface area contributed by atoms with Crippen LogP contribution in [0.15, 0.2) is 60.7 Å². The Balaban J connectivity index is 1.90. The van der Waals surface area contributed by atoms with Crippen molar-refractivity contribution in [3.63, 3.8) is 0 Å². The standard InChI is InChI=1S/C17H21N/c1-14(17-11-7-4-8-12-17)15(2)18-13-16-9-5-3-6-10-16/h3-12,14-15,18H,13H2,1-2H3/t14-,15+/m1/s1. The number of benzene rings is 2. The van der Waals surface area contributed by atoms with Gasteiger partial charge in [0.25, 0.3) is 0 Å². The van der Waals surface area contributed by atoms with Crippen LogP contribution in [0.3, 0.4) is 0 Å². The van der Waals surface area contributed by atoms with Crippen molar-refractivity contribution in [3.05, 3.63) is 71.8 Å². The molecule has 0 saturated carbocycles. The van der Waals surface area contributed by atoms with Crippen molar-refractivity contribution in [2.45, 2.75) is 32.4 Å². The molecule has 2 aromatic carbocycles. The predicted octanol–water partition coefficient (Wildman–Crippen LogP) is 3.97. The summed E-state index contributed by atoms with van der Waals surface area (Å²) in [5.41, 5.74) is 2.73. The quantitative estimate of drug-likeness (QED) is 0.832. The fraction of sp³-hybridized carbons (Fsp3) is 0.294. The fourth-order valence-electron chi connectivity index (χ4n) is 2.10. The molecule has 1 N–H and O–H groups in total. The van der Waals surface area contributed by atoms with Crippen LogP contribution in [0.2, 0.25) is 0 Å². The highest BCUT2D eigenvalue weighted by Crippen LogP contribution is 2.18. The Bertz CT molecular complexity index is 450. The van der Waals surface area contributed by atoms with Gasteiger partial charge in [-0.1, -0.05) is 67.6 Å². The molecule has 2 atom stereocenters. The first-order valence-corrected chi connectivity index (χ1v) is 6.59. The summed E-state index contributed by atoms with van der Waals surface area (Å²) in [6.07, 6.45) is 0. The summed E-state index contributed by atoms with van der Waals surface area (Å²) in [5, 5.41) is 3.60. The van der Waals surface area contributed by atoms with Crippen LogP contribution < -0.4 is 5.32 Å². The van der Waals surface area contributed by atoms with Crippen molar-refractivity contribution < 1.29 is 0 Å². The molecule has 1 heteroatoms. The molecule has 0 fully saturated rings. The lowest BCUT2D eigenvalue weighted by Gasteiger charge is -2.22. The van der Waals surface area contributed by atoms with Crippen LogP contribution in [0.5, 0.6) is 0 Å². The summed E-state index contributed by atoms with van der Waals surface area (Å²) >= 11 is 0. The van der Waals surface area contributed by atoms with Gasteiger partial charge in [0.1, 0.15) is 0 Å². The summed E-state index contributed by atoms with van der Waals surface area (Å²) in [5.74, 6) is 0.523. The fourth-order valence-corrected chi connectivity index (χ4v) is 2.10. The minimum atomic E-state index is 0.465. The van der Waals surface area contributed by atoms with Crippen LogP contribution in [0, 0.1) is 0 Å². The van der Waals surface area contributed by atoms with E-state index in [1.807, 2.05) is 0 Å². The lowest BCUT2D eigenvalue weighted by atomic mass is 9.94. The zero-order chi connectivity index (χ0) is 12.8. The average molecular weight is 239 g/mol. The molecule has 0 amide bonds. The van der Waals surface area contributed by atoms with E-state index in [1.165, 1.54) is 11.1 Å². The summed E-state index contributed by atoms with van der Waals surface area (Å²) in [7, 11) is 0. The smallest absolute Gasteiger partial charge is 0.0208 e. The molecule has 2 aromatic rings. The van der Waals surface area contributed by atoms with Crippen LogP contribution in [-0.4, -0.2) is 6.04 Å². The number of nitrogens with one attached hydrogen (secondary N) is 1. The van der Waals surface area contributed by atoms with E-state index in [-0.39, 0.29) is 0 Å². The third kappa shape index (κ3) is 3.44. The van der Waals surface area contributed by atoms with Gasteiger partial charge >= 0.3 is 0 Å². The van der Waals surface area contributed by atoms with Crippen molar-refractivity contribution in [1.82, 2.24) is 5.32 Å². The Labute approximate surface area is 110 Å². The van der Waals surface area contributed by atoms with Crippen LogP contribution in [-0.2, 0) is 6.54 Å². The van der Waals surface area contributed by atoms with E-state index in [4.69, 9.17) is 0 Å². The van der Waals surface area contributed by atoms with E-state index in [0.29, 0.717) is 12.0 Å². The molecule has 0 bridgehead atoms. The second-order valence-electron chi connectivity index (χ2n) is 4.85. The maximum atomic E-state index is 3.60. The Hall–Kier alpha value is -1.60. The third-order valence-corrected chi connectivity index (χ3v) is 3.55. The van der Waals surface area contributed by atoms with Gasteiger partial charge in [-0.15, -0.1) is 0 Å². The van der Waals surface area contributed by atoms with Gasteiger partial charge in [0.15, 0.2) is 0 Å². The van der Waals surface area contributed by atoms with Crippen molar-refractivity contribution in [2.24, 2.45) is 0 Å². The first-order chi connectivity index (χ1) is 8.77. The van der Waals surface area contributed by atoms with E-state index >= 15 is 0 Å². The maximum absolute atomic E-state index is 3.60. The maximum Gasteiger partial charge on any atom is 0.0208 e. The zero-order valence-corrected chi connectivity index (χ0v) is 11.1. The summed E-state index contributed by atoms with van der Waals surface area (Å²) in [6, 6.07) is 21.7. The second kappa shape index (κ2) is 6.36. The average Bonchev–Trinajstić information content (AvgIpc) is 2.46. The third-order valence-electron chi connectivity index (χ3n) is 3.55. The van der Waals surface area contributed by atoms with Crippen molar-refractivity contribution in [2.75, 3.05) is 0 Å². The molecule has 0 radical (unpaired) electrons.